The Balaban J connectivity index is 3.42. The molecule has 0 aliphatic rings. The molecule has 0 saturated heterocycles. The molecule has 0 saturated carbocycles. The van der Waals surface area contributed by atoms with Crippen LogP contribution in [0, 0.1) is 0 Å². The summed E-state index contributed by atoms with van der Waals surface area (Å²) >= 11 is 3.43. The van der Waals surface area contributed by atoms with E-state index in [4.69, 9.17) is 0 Å². The molecule has 88 valence electrons. The SMILES string of the molecule is CCCCCCCC/C(C)=C/C=C(\C)Br. The molecule has 0 radical (unpaired) electrons. The van der Waals surface area contributed by atoms with E-state index in [2.05, 4.69) is 48.9 Å². The lowest BCUT2D eigenvalue weighted by Gasteiger charge is -2.01. The molecule has 0 N–H and O–H groups in total. The van der Waals surface area contributed by atoms with E-state index in [1.165, 1.54) is 55.0 Å². The van der Waals surface area contributed by atoms with Gasteiger partial charge in [0.05, 0.1) is 0 Å². The number of unbranched alkanes of at least 4 members (excludes halogenated alkanes) is 5. The van der Waals surface area contributed by atoms with Crippen molar-refractivity contribution in [1.82, 2.24) is 0 Å². The lowest BCUT2D eigenvalue weighted by atomic mass is 10.1. The zero-order valence-electron chi connectivity index (χ0n) is 10.5. The van der Waals surface area contributed by atoms with Crippen molar-refractivity contribution in [2.45, 2.75) is 65.7 Å². The molecule has 0 unspecified atom stereocenters. The summed E-state index contributed by atoms with van der Waals surface area (Å²) in [7, 11) is 0. The summed E-state index contributed by atoms with van der Waals surface area (Å²) in [5.74, 6) is 0. The van der Waals surface area contributed by atoms with Crippen LogP contribution in [0.25, 0.3) is 0 Å². The monoisotopic (exact) mass is 272 g/mol. The van der Waals surface area contributed by atoms with E-state index in [9.17, 15) is 0 Å². The van der Waals surface area contributed by atoms with Crippen molar-refractivity contribution in [1.29, 1.82) is 0 Å². The van der Waals surface area contributed by atoms with Crippen LogP contribution in [0.1, 0.15) is 65.7 Å². The summed E-state index contributed by atoms with van der Waals surface area (Å²) in [5.41, 5.74) is 1.49. The van der Waals surface area contributed by atoms with Crippen LogP contribution in [0.15, 0.2) is 22.2 Å². The average Bonchev–Trinajstić information content (AvgIpc) is 2.20. The van der Waals surface area contributed by atoms with Crippen LogP contribution in [0.5, 0.6) is 0 Å². The first-order chi connectivity index (χ1) is 7.16. The zero-order chi connectivity index (χ0) is 11.5. The molecule has 0 aliphatic carbocycles. The quantitative estimate of drug-likeness (QED) is 0.377. The molecule has 1 heteroatoms. The highest BCUT2D eigenvalue weighted by Gasteiger charge is 1.91. The Labute approximate surface area is 104 Å². The summed E-state index contributed by atoms with van der Waals surface area (Å²) < 4.78 is 1.20. The molecular formula is C14H25Br. The normalized spacial score (nSPS) is 13.3. The molecule has 0 heterocycles. The summed E-state index contributed by atoms with van der Waals surface area (Å²) in [6.07, 6.45) is 13.9. The maximum Gasteiger partial charge on any atom is -0.00804 e. The molecule has 0 atom stereocenters. The molecule has 0 aromatic carbocycles. The molecular weight excluding hydrogens is 248 g/mol. The molecule has 0 spiro atoms. The molecule has 0 aromatic rings. The first-order valence-corrected chi connectivity index (χ1v) is 6.95. The predicted octanol–water partition coefficient (Wildman–Crippen LogP) is 5.98. The fraction of sp³-hybridized carbons (Fsp3) is 0.714. The second-order valence-corrected chi connectivity index (χ2v) is 5.54. The fourth-order valence-corrected chi connectivity index (χ4v) is 1.66. The van der Waals surface area contributed by atoms with Gasteiger partial charge in [0.1, 0.15) is 0 Å². The Kier molecular flexibility index (Phi) is 10.4. The number of rotatable bonds is 8. The lowest BCUT2D eigenvalue weighted by molar-refractivity contribution is 0.606. The van der Waals surface area contributed by atoms with Crippen LogP contribution in [0.2, 0.25) is 0 Å². The van der Waals surface area contributed by atoms with Gasteiger partial charge in [-0.3, -0.25) is 0 Å². The van der Waals surface area contributed by atoms with Crippen molar-refractivity contribution in [3.63, 3.8) is 0 Å². The van der Waals surface area contributed by atoms with Crippen molar-refractivity contribution in [2.75, 3.05) is 0 Å². The van der Waals surface area contributed by atoms with Crippen LogP contribution < -0.4 is 0 Å². The van der Waals surface area contributed by atoms with Crippen LogP contribution >= 0.6 is 15.9 Å². The second kappa shape index (κ2) is 10.5. The third-order valence-corrected chi connectivity index (χ3v) is 2.79. The Morgan fingerprint density at radius 3 is 2.13 bits per heavy atom. The number of hydrogen-bond acceptors (Lipinski definition) is 0. The molecule has 0 bridgehead atoms. The maximum absolute atomic E-state index is 3.43. The molecule has 0 nitrogen and oxygen atoms in total. The van der Waals surface area contributed by atoms with Gasteiger partial charge in [0.15, 0.2) is 0 Å². The van der Waals surface area contributed by atoms with E-state index in [1.54, 1.807) is 0 Å². The van der Waals surface area contributed by atoms with Gasteiger partial charge in [-0.15, -0.1) is 0 Å². The lowest BCUT2D eigenvalue weighted by Crippen LogP contribution is -1.81. The Hall–Kier alpha value is -0.0400. The summed E-state index contributed by atoms with van der Waals surface area (Å²) in [6.45, 7) is 6.55. The van der Waals surface area contributed by atoms with E-state index in [0.29, 0.717) is 0 Å². The smallest absolute Gasteiger partial charge is 0.00804 e. The number of halogens is 1. The maximum atomic E-state index is 3.43. The van der Waals surface area contributed by atoms with Crippen LogP contribution in [0.3, 0.4) is 0 Å². The highest BCUT2D eigenvalue weighted by molar-refractivity contribution is 9.11. The average molecular weight is 273 g/mol. The van der Waals surface area contributed by atoms with E-state index in [0.717, 1.165) is 0 Å². The summed E-state index contributed by atoms with van der Waals surface area (Å²) in [4.78, 5) is 0. The van der Waals surface area contributed by atoms with Gasteiger partial charge in [0, 0.05) is 0 Å². The van der Waals surface area contributed by atoms with E-state index >= 15 is 0 Å². The largest absolute Gasteiger partial charge is 0.0733 e. The predicted molar refractivity (Wildman–Crippen MR) is 74.4 cm³/mol. The van der Waals surface area contributed by atoms with Crippen LogP contribution in [-0.4, -0.2) is 0 Å². The van der Waals surface area contributed by atoms with Gasteiger partial charge in [-0.2, -0.15) is 0 Å². The minimum atomic E-state index is 1.20. The third kappa shape index (κ3) is 11.9. The molecule has 0 fully saturated rings. The van der Waals surface area contributed by atoms with E-state index in [1.807, 2.05) is 0 Å². The minimum Gasteiger partial charge on any atom is -0.0733 e. The molecule has 0 amide bonds. The molecule has 15 heavy (non-hydrogen) atoms. The topological polar surface area (TPSA) is 0 Å². The Morgan fingerprint density at radius 1 is 0.933 bits per heavy atom. The second-order valence-electron chi connectivity index (χ2n) is 4.28. The van der Waals surface area contributed by atoms with Gasteiger partial charge in [-0.25, -0.2) is 0 Å². The van der Waals surface area contributed by atoms with Crippen LogP contribution in [0.4, 0.5) is 0 Å². The van der Waals surface area contributed by atoms with E-state index in [-0.39, 0.29) is 0 Å². The highest BCUT2D eigenvalue weighted by atomic mass is 79.9. The van der Waals surface area contributed by atoms with Crippen molar-refractivity contribution < 1.29 is 0 Å². The minimum absolute atomic E-state index is 1.20. The van der Waals surface area contributed by atoms with Gasteiger partial charge in [-0.05, 0) is 31.2 Å². The first-order valence-electron chi connectivity index (χ1n) is 6.16. The molecule has 0 rings (SSSR count). The first kappa shape index (κ1) is 15.0. The highest BCUT2D eigenvalue weighted by Crippen LogP contribution is 2.12. The fourth-order valence-electron chi connectivity index (χ4n) is 1.52. The van der Waals surface area contributed by atoms with E-state index < -0.39 is 0 Å². The van der Waals surface area contributed by atoms with Gasteiger partial charge in [-0.1, -0.05) is 72.7 Å². The van der Waals surface area contributed by atoms with Crippen molar-refractivity contribution in [3.8, 4) is 0 Å². The summed E-state index contributed by atoms with van der Waals surface area (Å²) in [5, 5.41) is 0. The zero-order valence-corrected chi connectivity index (χ0v) is 12.1. The third-order valence-electron chi connectivity index (χ3n) is 2.52. The van der Waals surface area contributed by atoms with Gasteiger partial charge >= 0.3 is 0 Å². The van der Waals surface area contributed by atoms with Crippen molar-refractivity contribution in [2.24, 2.45) is 0 Å². The van der Waals surface area contributed by atoms with Gasteiger partial charge in [0.25, 0.3) is 0 Å². The van der Waals surface area contributed by atoms with Crippen molar-refractivity contribution >= 4 is 15.9 Å². The Bertz CT molecular complexity index is 197. The van der Waals surface area contributed by atoms with Gasteiger partial charge < -0.3 is 0 Å². The van der Waals surface area contributed by atoms with Gasteiger partial charge in [0.2, 0.25) is 0 Å². The standard InChI is InChI=1S/C14H25Br/c1-4-5-6-7-8-9-10-13(2)11-12-14(3)15/h11-12H,4-10H2,1-3H3/b13-11+,14-12+. The van der Waals surface area contributed by atoms with Crippen LogP contribution in [-0.2, 0) is 0 Å². The molecule has 0 aliphatic heterocycles. The number of hydrogen-bond donors (Lipinski definition) is 0. The molecule has 0 aromatic heterocycles. The number of allylic oxidation sites excluding steroid dienone is 4. The summed E-state index contributed by atoms with van der Waals surface area (Å²) in [6, 6.07) is 0. The van der Waals surface area contributed by atoms with Crippen molar-refractivity contribution in [3.05, 3.63) is 22.2 Å². The Morgan fingerprint density at radius 2 is 1.53 bits per heavy atom.